The van der Waals surface area contributed by atoms with Gasteiger partial charge >= 0.3 is 0 Å². The molecule has 1 aliphatic carbocycles. The quantitative estimate of drug-likeness (QED) is 0.707. The molecule has 1 saturated carbocycles. The summed E-state index contributed by atoms with van der Waals surface area (Å²) in [4.78, 5) is 0. The highest BCUT2D eigenvalue weighted by Gasteiger charge is 2.29. The van der Waals surface area contributed by atoms with Gasteiger partial charge in [-0.2, -0.15) is 0 Å². The molecule has 0 aromatic carbocycles. The van der Waals surface area contributed by atoms with E-state index in [1.54, 1.807) is 0 Å². The normalized spacial score (nSPS) is 37.4. The highest BCUT2D eigenvalue weighted by atomic mass is 15.0. The molecule has 1 unspecified atom stereocenters. The third kappa shape index (κ3) is 3.30. The molecule has 78 valence electrons. The van der Waals surface area contributed by atoms with E-state index in [0.717, 1.165) is 5.92 Å². The van der Waals surface area contributed by atoms with Gasteiger partial charge in [0.25, 0.3) is 0 Å². The van der Waals surface area contributed by atoms with Crippen LogP contribution in [0.2, 0.25) is 0 Å². The summed E-state index contributed by atoms with van der Waals surface area (Å²) in [6.07, 6.45) is 6.77. The van der Waals surface area contributed by atoms with Crippen molar-refractivity contribution in [1.82, 2.24) is 5.32 Å². The van der Waals surface area contributed by atoms with Crippen LogP contribution in [0.4, 0.5) is 0 Å². The van der Waals surface area contributed by atoms with Gasteiger partial charge in [-0.05, 0) is 51.9 Å². The fourth-order valence-electron chi connectivity index (χ4n) is 2.24. The Morgan fingerprint density at radius 1 is 1.38 bits per heavy atom. The van der Waals surface area contributed by atoms with Gasteiger partial charge in [-0.3, -0.25) is 0 Å². The Kier molecular flexibility index (Phi) is 3.78. The Labute approximate surface area is 83.3 Å². The topological polar surface area (TPSA) is 12.0 Å². The predicted molar refractivity (Wildman–Crippen MR) is 58.9 cm³/mol. The van der Waals surface area contributed by atoms with Gasteiger partial charge in [-0.15, -0.1) is 0 Å². The van der Waals surface area contributed by atoms with Crippen LogP contribution in [0, 0.1) is 5.92 Å². The Morgan fingerprint density at radius 2 is 1.92 bits per heavy atom. The first kappa shape index (κ1) is 11.0. The summed E-state index contributed by atoms with van der Waals surface area (Å²) >= 11 is 0. The van der Waals surface area contributed by atoms with Gasteiger partial charge in [-0.1, -0.05) is 13.8 Å². The monoisotopic (exact) mass is 183 g/mol. The molecule has 0 radical (unpaired) electrons. The molecule has 0 heterocycles. The van der Waals surface area contributed by atoms with Gasteiger partial charge in [-0.25, -0.2) is 0 Å². The predicted octanol–water partition coefficient (Wildman–Crippen LogP) is 3.34. The molecule has 0 saturated heterocycles. The smallest absolute Gasteiger partial charge is 0.0156 e. The van der Waals surface area contributed by atoms with Crippen LogP contribution in [0.3, 0.4) is 0 Å². The molecule has 0 spiro atoms. The highest BCUT2D eigenvalue weighted by molar-refractivity contribution is 4.89. The molecule has 1 fully saturated rings. The minimum absolute atomic E-state index is 0.432. The summed E-state index contributed by atoms with van der Waals surface area (Å²) in [7, 11) is 0. The summed E-state index contributed by atoms with van der Waals surface area (Å²) in [5.74, 6) is 0.951. The largest absolute Gasteiger partial charge is 0.309 e. The Hall–Kier alpha value is -0.0400. The minimum Gasteiger partial charge on any atom is -0.309 e. The SMILES string of the molecule is CCC(C)NC1(C)CCC(C)CC1. The van der Waals surface area contributed by atoms with Gasteiger partial charge in [0.05, 0.1) is 0 Å². The number of hydrogen-bond acceptors (Lipinski definition) is 1. The van der Waals surface area contributed by atoms with Crippen molar-refractivity contribution < 1.29 is 0 Å². The molecule has 1 rings (SSSR count). The lowest BCUT2D eigenvalue weighted by Crippen LogP contribution is -2.48. The van der Waals surface area contributed by atoms with Crippen molar-refractivity contribution in [1.29, 1.82) is 0 Å². The average Bonchev–Trinajstić information content (AvgIpc) is 2.10. The minimum atomic E-state index is 0.432. The molecule has 0 bridgehead atoms. The molecule has 0 aromatic rings. The fraction of sp³-hybridized carbons (Fsp3) is 1.00. The van der Waals surface area contributed by atoms with Crippen molar-refractivity contribution in [3.63, 3.8) is 0 Å². The van der Waals surface area contributed by atoms with E-state index in [1.807, 2.05) is 0 Å². The van der Waals surface area contributed by atoms with Crippen molar-refractivity contribution in [3.05, 3.63) is 0 Å². The first-order chi connectivity index (χ1) is 6.06. The molecule has 1 aliphatic rings. The molecule has 1 heteroatoms. The van der Waals surface area contributed by atoms with Crippen molar-refractivity contribution in [2.45, 2.75) is 71.4 Å². The Balaban J connectivity index is 2.38. The molecule has 1 N–H and O–H groups in total. The van der Waals surface area contributed by atoms with Crippen molar-refractivity contribution >= 4 is 0 Å². The summed E-state index contributed by atoms with van der Waals surface area (Å²) in [5, 5.41) is 3.77. The average molecular weight is 183 g/mol. The molecule has 1 atom stereocenters. The zero-order chi connectivity index (χ0) is 9.90. The number of hydrogen-bond donors (Lipinski definition) is 1. The van der Waals surface area contributed by atoms with Crippen molar-refractivity contribution in [3.8, 4) is 0 Å². The van der Waals surface area contributed by atoms with E-state index >= 15 is 0 Å². The fourth-order valence-corrected chi connectivity index (χ4v) is 2.24. The van der Waals surface area contributed by atoms with Crippen LogP contribution in [0.5, 0.6) is 0 Å². The van der Waals surface area contributed by atoms with E-state index in [1.165, 1.54) is 32.1 Å². The van der Waals surface area contributed by atoms with Gasteiger partial charge in [0.1, 0.15) is 0 Å². The van der Waals surface area contributed by atoms with Crippen molar-refractivity contribution in [2.24, 2.45) is 5.92 Å². The zero-order valence-corrected chi connectivity index (χ0v) is 9.69. The second-order valence-corrected chi connectivity index (χ2v) is 5.20. The maximum Gasteiger partial charge on any atom is 0.0156 e. The molecule has 0 aliphatic heterocycles. The second-order valence-electron chi connectivity index (χ2n) is 5.20. The van der Waals surface area contributed by atoms with E-state index in [0.29, 0.717) is 11.6 Å². The van der Waals surface area contributed by atoms with Gasteiger partial charge in [0.15, 0.2) is 0 Å². The van der Waals surface area contributed by atoms with E-state index < -0.39 is 0 Å². The molecule has 0 amide bonds. The van der Waals surface area contributed by atoms with E-state index in [-0.39, 0.29) is 0 Å². The standard InChI is InChI=1S/C12H25N/c1-5-11(3)13-12(4)8-6-10(2)7-9-12/h10-11,13H,5-9H2,1-4H3. The molecule has 1 nitrogen and oxygen atoms in total. The summed E-state index contributed by atoms with van der Waals surface area (Å²) in [5.41, 5.74) is 0.432. The van der Waals surface area contributed by atoms with Crippen LogP contribution in [0.25, 0.3) is 0 Å². The van der Waals surface area contributed by atoms with Gasteiger partial charge in [0.2, 0.25) is 0 Å². The number of nitrogens with one attached hydrogen (secondary N) is 1. The van der Waals surface area contributed by atoms with Gasteiger partial charge in [0, 0.05) is 11.6 Å². The second kappa shape index (κ2) is 4.45. The summed E-state index contributed by atoms with van der Waals surface area (Å²) < 4.78 is 0. The van der Waals surface area contributed by atoms with E-state index in [9.17, 15) is 0 Å². The molecule has 13 heavy (non-hydrogen) atoms. The van der Waals surface area contributed by atoms with Gasteiger partial charge < -0.3 is 5.32 Å². The van der Waals surface area contributed by atoms with Crippen LogP contribution < -0.4 is 5.32 Å². The summed E-state index contributed by atoms with van der Waals surface area (Å²) in [6.45, 7) is 9.32. The van der Waals surface area contributed by atoms with Crippen LogP contribution in [0.1, 0.15) is 59.8 Å². The van der Waals surface area contributed by atoms with Crippen molar-refractivity contribution in [2.75, 3.05) is 0 Å². The molecular formula is C12H25N. The maximum atomic E-state index is 3.77. The van der Waals surface area contributed by atoms with E-state index in [4.69, 9.17) is 0 Å². The highest BCUT2D eigenvalue weighted by Crippen LogP contribution is 2.31. The molecular weight excluding hydrogens is 158 g/mol. The van der Waals surface area contributed by atoms with Crippen LogP contribution in [-0.2, 0) is 0 Å². The van der Waals surface area contributed by atoms with Crippen LogP contribution >= 0.6 is 0 Å². The Bertz CT molecular complexity index is 145. The van der Waals surface area contributed by atoms with E-state index in [2.05, 4.69) is 33.0 Å². The first-order valence-electron chi connectivity index (χ1n) is 5.83. The lowest BCUT2D eigenvalue weighted by molar-refractivity contribution is 0.197. The lowest BCUT2D eigenvalue weighted by Gasteiger charge is -2.39. The Morgan fingerprint density at radius 3 is 2.38 bits per heavy atom. The molecule has 0 aromatic heterocycles. The first-order valence-corrected chi connectivity index (χ1v) is 5.83. The van der Waals surface area contributed by atoms with Crippen LogP contribution in [-0.4, -0.2) is 11.6 Å². The third-order valence-corrected chi connectivity index (χ3v) is 3.59. The number of rotatable bonds is 3. The zero-order valence-electron chi connectivity index (χ0n) is 9.69. The summed E-state index contributed by atoms with van der Waals surface area (Å²) in [6, 6.07) is 0.679. The lowest BCUT2D eigenvalue weighted by atomic mass is 9.78. The maximum absolute atomic E-state index is 3.77. The third-order valence-electron chi connectivity index (χ3n) is 3.59. The van der Waals surface area contributed by atoms with Crippen LogP contribution in [0.15, 0.2) is 0 Å².